The molecule has 0 bridgehead atoms. The molecular formula is C12H7Br2ClFNO2S. The molecule has 106 valence electrons. The molecule has 0 aromatic heterocycles. The van der Waals surface area contributed by atoms with E-state index in [1.54, 1.807) is 12.1 Å². The van der Waals surface area contributed by atoms with Crippen molar-refractivity contribution in [2.75, 3.05) is 4.72 Å². The maximum atomic E-state index is 13.7. The average Bonchev–Trinajstić information content (AvgIpc) is 2.33. The number of anilines is 1. The molecule has 20 heavy (non-hydrogen) atoms. The van der Waals surface area contributed by atoms with Gasteiger partial charge in [0.25, 0.3) is 10.0 Å². The van der Waals surface area contributed by atoms with Gasteiger partial charge in [0, 0.05) is 14.0 Å². The lowest BCUT2D eigenvalue weighted by molar-refractivity contribution is 0.570. The van der Waals surface area contributed by atoms with Crippen LogP contribution in [0.25, 0.3) is 0 Å². The predicted octanol–water partition coefficient (Wildman–Crippen LogP) is 4.80. The van der Waals surface area contributed by atoms with Gasteiger partial charge >= 0.3 is 0 Å². The molecule has 0 saturated heterocycles. The highest BCUT2D eigenvalue weighted by atomic mass is 79.9. The smallest absolute Gasteiger partial charge is 0.264 e. The Morgan fingerprint density at radius 3 is 2.45 bits per heavy atom. The molecule has 0 unspecified atom stereocenters. The van der Waals surface area contributed by atoms with Gasteiger partial charge in [0.15, 0.2) is 0 Å². The van der Waals surface area contributed by atoms with Gasteiger partial charge in [-0.25, -0.2) is 12.8 Å². The van der Waals surface area contributed by atoms with E-state index in [-0.39, 0.29) is 5.69 Å². The fourth-order valence-electron chi connectivity index (χ4n) is 1.47. The number of hydrogen-bond donors (Lipinski definition) is 1. The highest BCUT2D eigenvalue weighted by Crippen LogP contribution is 2.29. The lowest BCUT2D eigenvalue weighted by Crippen LogP contribution is -2.15. The first kappa shape index (κ1) is 15.8. The van der Waals surface area contributed by atoms with Gasteiger partial charge < -0.3 is 0 Å². The Bertz CT molecular complexity index is 768. The molecule has 2 aromatic rings. The maximum absolute atomic E-state index is 13.7. The molecule has 0 aliphatic rings. The van der Waals surface area contributed by atoms with Crippen LogP contribution in [-0.4, -0.2) is 8.42 Å². The fraction of sp³-hybridized carbons (Fsp3) is 0. The molecule has 2 rings (SSSR count). The molecule has 3 nitrogen and oxygen atoms in total. The quantitative estimate of drug-likeness (QED) is 0.741. The topological polar surface area (TPSA) is 46.2 Å². The molecule has 0 fully saturated rings. The van der Waals surface area contributed by atoms with Gasteiger partial charge in [-0.05, 0) is 52.3 Å². The largest absolute Gasteiger partial charge is 0.278 e. The number of sulfonamides is 1. The minimum absolute atomic E-state index is 0.236. The zero-order valence-electron chi connectivity index (χ0n) is 9.70. The molecule has 8 heteroatoms. The lowest BCUT2D eigenvalue weighted by atomic mass is 10.3. The van der Waals surface area contributed by atoms with Crippen LogP contribution in [-0.2, 0) is 10.0 Å². The number of rotatable bonds is 3. The van der Waals surface area contributed by atoms with E-state index in [1.165, 1.54) is 18.2 Å². The van der Waals surface area contributed by atoms with Crippen LogP contribution in [0.5, 0.6) is 0 Å². The van der Waals surface area contributed by atoms with E-state index in [4.69, 9.17) is 11.6 Å². The Morgan fingerprint density at radius 2 is 1.80 bits per heavy atom. The van der Waals surface area contributed by atoms with E-state index in [0.29, 0.717) is 14.0 Å². The molecule has 0 heterocycles. The van der Waals surface area contributed by atoms with Gasteiger partial charge in [0.2, 0.25) is 0 Å². The third kappa shape index (κ3) is 3.52. The summed E-state index contributed by atoms with van der Waals surface area (Å²) in [6.45, 7) is 0. The van der Waals surface area contributed by atoms with Gasteiger partial charge in [-0.1, -0.05) is 27.5 Å². The van der Waals surface area contributed by atoms with Crippen LogP contribution < -0.4 is 4.72 Å². The maximum Gasteiger partial charge on any atom is 0.264 e. The Kier molecular flexibility index (Phi) is 4.73. The number of hydrogen-bond acceptors (Lipinski definition) is 2. The monoisotopic (exact) mass is 441 g/mol. The van der Waals surface area contributed by atoms with Crippen molar-refractivity contribution in [3.63, 3.8) is 0 Å². The summed E-state index contributed by atoms with van der Waals surface area (Å²) in [5.41, 5.74) is 0.236. The molecule has 0 amide bonds. The lowest BCUT2D eigenvalue weighted by Gasteiger charge is -2.11. The van der Waals surface area contributed by atoms with Gasteiger partial charge in [-0.2, -0.15) is 0 Å². The van der Waals surface area contributed by atoms with Crippen LogP contribution in [0, 0.1) is 5.82 Å². The molecule has 0 aliphatic carbocycles. The Morgan fingerprint density at radius 1 is 1.10 bits per heavy atom. The molecule has 0 saturated carbocycles. The van der Waals surface area contributed by atoms with Crippen LogP contribution in [0.4, 0.5) is 10.1 Å². The van der Waals surface area contributed by atoms with Crippen molar-refractivity contribution in [1.29, 1.82) is 0 Å². The average molecular weight is 444 g/mol. The number of benzene rings is 2. The Hall–Kier alpha value is -0.630. The molecule has 2 aromatic carbocycles. The summed E-state index contributed by atoms with van der Waals surface area (Å²) >= 11 is 12.1. The Balaban J connectivity index is 2.43. The zero-order valence-corrected chi connectivity index (χ0v) is 14.4. The first-order valence-corrected chi connectivity index (χ1v) is 8.67. The van der Waals surface area contributed by atoms with Crippen LogP contribution >= 0.6 is 43.5 Å². The third-order valence-corrected chi connectivity index (χ3v) is 5.17. The fourth-order valence-corrected chi connectivity index (χ4v) is 3.58. The minimum atomic E-state index is -4.03. The first-order valence-electron chi connectivity index (χ1n) is 5.22. The van der Waals surface area contributed by atoms with E-state index >= 15 is 0 Å². The summed E-state index contributed by atoms with van der Waals surface area (Å²) in [6, 6.07) is 8.34. The van der Waals surface area contributed by atoms with E-state index < -0.39 is 20.7 Å². The molecule has 0 spiro atoms. The van der Waals surface area contributed by atoms with Crippen molar-refractivity contribution in [2.24, 2.45) is 0 Å². The van der Waals surface area contributed by atoms with Gasteiger partial charge in [-0.15, -0.1) is 0 Å². The van der Waals surface area contributed by atoms with Crippen molar-refractivity contribution in [1.82, 2.24) is 0 Å². The van der Waals surface area contributed by atoms with Crippen LogP contribution in [0.3, 0.4) is 0 Å². The van der Waals surface area contributed by atoms with Crippen molar-refractivity contribution >= 4 is 59.2 Å². The summed E-state index contributed by atoms with van der Waals surface area (Å²) in [7, 11) is -4.03. The molecule has 1 N–H and O–H groups in total. The van der Waals surface area contributed by atoms with Crippen LogP contribution in [0.2, 0.25) is 5.02 Å². The summed E-state index contributed by atoms with van der Waals surface area (Å²) in [4.78, 5) is -0.437. The number of halogens is 4. The van der Waals surface area contributed by atoms with Crippen molar-refractivity contribution in [3.8, 4) is 0 Å². The van der Waals surface area contributed by atoms with Gasteiger partial charge in [0.1, 0.15) is 10.7 Å². The normalized spacial score (nSPS) is 11.4. The van der Waals surface area contributed by atoms with Gasteiger partial charge in [0.05, 0.1) is 5.69 Å². The number of nitrogens with one attached hydrogen (secondary N) is 1. The standard InChI is InChI=1S/C12H7Br2ClFNO2S/c13-7-1-4-12(10(16)5-7)20(18,19)17-11-6-8(15)2-3-9(11)14/h1-6,17H. The third-order valence-electron chi connectivity index (χ3n) is 2.36. The summed E-state index contributed by atoms with van der Waals surface area (Å²) in [5, 5.41) is 0.363. The van der Waals surface area contributed by atoms with Crippen molar-refractivity contribution < 1.29 is 12.8 Å². The highest BCUT2D eigenvalue weighted by Gasteiger charge is 2.20. The van der Waals surface area contributed by atoms with E-state index in [2.05, 4.69) is 36.6 Å². The summed E-state index contributed by atoms with van der Waals surface area (Å²) < 4.78 is 41.3. The summed E-state index contributed by atoms with van der Waals surface area (Å²) in [5.74, 6) is -0.843. The minimum Gasteiger partial charge on any atom is -0.278 e. The summed E-state index contributed by atoms with van der Waals surface area (Å²) in [6.07, 6.45) is 0. The van der Waals surface area contributed by atoms with E-state index in [0.717, 1.165) is 6.07 Å². The first-order chi connectivity index (χ1) is 9.29. The molecular weight excluding hydrogens is 436 g/mol. The van der Waals surface area contributed by atoms with E-state index in [1.807, 2.05) is 0 Å². The second-order valence-electron chi connectivity index (χ2n) is 3.80. The second kappa shape index (κ2) is 6.01. The molecule has 0 radical (unpaired) electrons. The van der Waals surface area contributed by atoms with Crippen LogP contribution in [0.1, 0.15) is 0 Å². The van der Waals surface area contributed by atoms with Gasteiger partial charge in [-0.3, -0.25) is 4.72 Å². The Labute approximate surface area is 137 Å². The van der Waals surface area contributed by atoms with Crippen molar-refractivity contribution in [3.05, 3.63) is 56.2 Å². The predicted molar refractivity (Wildman–Crippen MR) is 84.1 cm³/mol. The highest BCUT2D eigenvalue weighted by molar-refractivity contribution is 9.10. The van der Waals surface area contributed by atoms with E-state index in [9.17, 15) is 12.8 Å². The van der Waals surface area contributed by atoms with Crippen molar-refractivity contribution in [2.45, 2.75) is 4.90 Å². The molecule has 0 aliphatic heterocycles. The molecule has 0 atom stereocenters. The second-order valence-corrected chi connectivity index (χ2v) is 7.66. The SMILES string of the molecule is O=S(=O)(Nc1cc(Cl)ccc1Br)c1ccc(Br)cc1F. The van der Waals surface area contributed by atoms with Crippen LogP contribution in [0.15, 0.2) is 50.2 Å². The zero-order chi connectivity index (χ0) is 14.9.